The van der Waals surface area contributed by atoms with Crippen molar-refractivity contribution in [3.8, 4) is 17.3 Å². The Labute approximate surface area is 150 Å². The van der Waals surface area contributed by atoms with Crippen LogP contribution in [0.2, 0.25) is 0 Å². The van der Waals surface area contributed by atoms with E-state index in [4.69, 9.17) is 4.74 Å². The van der Waals surface area contributed by atoms with Crippen LogP contribution in [0.5, 0.6) is 5.88 Å². The van der Waals surface area contributed by atoms with Gasteiger partial charge < -0.3 is 9.26 Å². The van der Waals surface area contributed by atoms with Crippen LogP contribution in [-0.2, 0) is 12.8 Å². The van der Waals surface area contributed by atoms with Crippen molar-refractivity contribution in [1.82, 2.24) is 20.1 Å². The van der Waals surface area contributed by atoms with Gasteiger partial charge in [0, 0.05) is 35.0 Å². The highest BCUT2D eigenvalue weighted by atomic mass is 19.4. The Morgan fingerprint density at radius 1 is 1.04 bits per heavy atom. The third-order valence-electron chi connectivity index (χ3n) is 3.70. The van der Waals surface area contributed by atoms with Gasteiger partial charge >= 0.3 is 12.1 Å². The number of halogens is 3. The van der Waals surface area contributed by atoms with Crippen molar-refractivity contribution < 1.29 is 22.4 Å². The number of para-hydroxylation sites is 1. The maximum atomic E-state index is 12.6. The Hall–Kier alpha value is -3.49. The Balaban J connectivity index is 1.51. The molecular formula is C18H11F3N4O2. The molecule has 0 saturated carbocycles. The molecule has 136 valence electrons. The van der Waals surface area contributed by atoms with Crippen LogP contribution < -0.4 is 4.74 Å². The molecule has 0 aliphatic carbocycles. The van der Waals surface area contributed by atoms with E-state index in [0.29, 0.717) is 5.56 Å². The molecule has 0 radical (unpaired) electrons. The standard InChI is InChI=1S/C18H11F3N4O2/c19-18(20,21)17-24-16(25-27-17)13-5-6-22-15(8-13)26-10-11-7-12-3-1-2-4-14(12)23-9-11/h1-9H,10H2. The molecule has 4 rings (SSSR count). The van der Waals surface area contributed by atoms with Crippen molar-refractivity contribution in [3.63, 3.8) is 0 Å². The van der Waals surface area contributed by atoms with Crippen molar-refractivity contribution in [2.75, 3.05) is 0 Å². The number of hydrogen-bond acceptors (Lipinski definition) is 6. The molecule has 0 fully saturated rings. The summed E-state index contributed by atoms with van der Waals surface area (Å²) in [6.45, 7) is 0.203. The van der Waals surface area contributed by atoms with Gasteiger partial charge in [-0.3, -0.25) is 4.98 Å². The normalized spacial score (nSPS) is 11.7. The molecule has 0 aliphatic rings. The van der Waals surface area contributed by atoms with E-state index in [1.54, 1.807) is 6.20 Å². The van der Waals surface area contributed by atoms with E-state index in [9.17, 15) is 13.2 Å². The molecule has 6 nitrogen and oxygen atoms in total. The van der Waals surface area contributed by atoms with Gasteiger partial charge in [0.1, 0.15) is 6.61 Å². The molecule has 4 aromatic rings. The maximum Gasteiger partial charge on any atom is 0.471 e. The van der Waals surface area contributed by atoms with Crippen molar-refractivity contribution in [1.29, 1.82) is 0 Å². The molecular weight excluding hydrogens is 361 g/mol. The fraction of sp³-hybridized carbons (Fsp3) is 0.111. The van der Waals surface area contributed by atoms with E-state index in [-0.39, 0.29) is 18.3 Å². The van der Waals surface area contributed by atoms with Gasteiger partial charge in [0.25, 0.3) is 0 Å². The number of pyridine rings is 2. The van der Waals surface area contributed by atoms with Crippen molar-refractivity contribution >= 4 is 10.9 Å². The van der Waals surface area contributed by atoms with E-state index >= 15 is 0 Å². The molecule has 3 heterocycles. The lowest BCUT2D eigenvalue weighted by atomic mass is 10.2. The number of nitrogens with zero attached hydrogens (tertiary/aromatic N) is 4. The zero-order chi connectivity index (χ0) is 18.9. The highest BCUT2D eigenvalue weighted by molar-refractivity contribution is 5.78. The Kier molecular flexibility index (Phi) is 4.19. The number of alkyl halides is 3. The van der Waals surface area contributed by atoms with E-state index in [1.807, 2.05) is 30.3 Å². The monoisotopic (exact) mass is 372 g/mol. The average Bonchev–Trinajstić information content (AvgIpc) is 3.17. The van der Waals surface area contributed by atoms with E-state index in [2.05, 4.69) is 24.6 Å². The smallest absolute Gasteiger partial charge is 0.471 e. The third kappa shape index (κ3) is 3.71. The summed E-state index contributed by atoms with van der Waals surface area (Å²) in [5, 5.41) is 4.33. The quantitative estimate of drug-likeness (QED) is 0.532. The predicted octanol–water partition coefficient (Wildman–Crippen LogP) is 4.28. The van der Waals surface area contributed by atoms with Crippen molar-refractivity contribution in [2.24, 2.45) is 0 Å². The molecule has 1 aromatic carbocycles. The maximum absolute atomic E-state index is 12.6. The summed E-state index contributed by atoms with van der Waals surface area (Å²) in [6.07, 6.45) is -1.60. The molecule has 0 aliphatic heterocycles. The van der Waals surface area contributed by atoms with Crippen LogP contribution in [0.3, 0.4) is 0 Å². The summed E-state index contributed by atoms with van der Waals surface area (Å²) in [7, 11) is 0. The molecule has 0 bridgehead atoms. The van der Waals surface area contributed by atoms with Gasteiger partial charge in [-0.05, 0) is 18.2 Å². The van der Waals surface area contributed by atoms with Crippen LogP contribution in [0.25, 0.3) is 22.3 Å². The predicted molar refractivity (Wildman–Crippen MR) is 88.6 cm³/mol. The van der Waals surface area contributed by atoms with E-state index in [1.165, 1.54) is 18.3 Å². The molecule has 0 spiro atoms. The van der Waals surface area contributed by atoms with E-state index < -0.39 is 12.1 Å². The van der Waals surface area contributed by atoms with Gasteiger partial charge in [-0.1, -0.05) is 23.4 Å². The van der Waals surface area contributed by atoms with Crippen LogP contribution in [0.15, 0.2) is 59.4 Å². The molecule has 0 saturated heterocycles. The first-order valence-corrected chi connectivity index (χ1v) is 7.83. The summed E-state index contributed by atoms with van der Waals surface area (Å²) >= 11 is 0. The second-order valence-corrected chi connectivity index (χ2v) is 5.63. The average molecular weight is 372 g/mol. The van der Waals surface area contributed by atoms with Crippen LogP contribution in [0.1, 0.15) is 11.5 Å². The molecule has 0 amide bonds. The minimum absolute atomic E-state index is 0.193. The lowest BCUT2D eigenvalue weighted by Gasteiger charge is -2.06. The molecule has 3 aromatic heterocycles. The number of rotatable bonds is 4. The number of ether oxygens (including phenoxy) is 1. The molecule has 0 atom stereocenters. The first-order chi connectivity index (χ1) is 13.0. The summed E-state index contributed by atoms with van der Waals surface area (Å²) in [6, 6.07) is 12.5. The van der Waals surface area contributed by atoms with Gasteiger partial charge in [0.05, 0.1) is 5.52 Å². The number of fused-ring (bicyclic) bond motifs is 1. The van der Waals surface area contributed by atoms with Gasteiger partial charge in [0.2, 0.25) is 11.7 Å². The molecule has 0 N–H and O–H groups in total. The highest BCUT2D eigenvalue weighted by Gasteiger charge is 2.38. The summed E-state index contributed by atoms with van der Waals surface area (Å²) in [5.41, 5.74) is 2.01. The zero-order valence-corrected chi connectivity index (χ0v) is 13.6. The van der Waals surface area contributed by atoms with Gasteiger partial charge in [0.15, 0.2) is 0 Å². The van der Waals surface area contributed by atoms with Crippen LogP contribution in [0.4, 0.5) is 13.2 Å². The Morgan fingerprint density at radius 3 is 2.70 bits per heavy atom. The Morgan fingerprint density at radius 2 is 1.89 bits per heavy atom. The second-order valence-electron chi connectivity index (χ2n) is 5.63. The van der Waals surface area contributed by atoms with Crippen LogP contribution in [0, 0.1) is 0 Å². The van der Waals surface area contributed by atoms with Crippen molar-refractivity contribution in [3.05, 3.63) is 66.3 Å². The third-order valence-corrected chi connectivity index (χ3v) is 3.70. The Bertz CT molecular complexity index is 1100. The van der Waals surface area contributed by atoms with Gasteiger partial charge in [-0.2, -0.15) is 18.2 Å². The minimum Gasteiger partial charge on any atom is -0.473 e. The molecule has 9 heteroatoms. The second kappa shape index (κ2) is 6.67. The van der Waals surface area contributed by atoms with Crippen molar-refractivity contribution in [2.45, 2.75) is 12.8 Å². The number of hydrogen-bond donors (Lipinski definition) is 0. The number of benzene rings is 1. The molecule has 0 unspecified atom stereocenters. The summed E-state index contributed by atoms with van der Waals surface area (Å²) < 4.78 is 47.6. The highest BCUT2D eigenvalue weighted by Crippen LogP contribution is 2.29. The SMILES string of the molecule is FC(F)(F)c1nc(-c2ccnc(OCc3cnc4ccccc4c3)c2)no1. The topological polar surface area (TPSA) is 73.9 Å². The lowest BCUT2D eigenvalue weighted by Crippen LogP contribution is -2.04. The van der Waals surface area contributed by atoms with E-state index in [0.717, 1.165) is 16.5 Å². The summed E-state index contributed by atoms with van der Waals surface area (Å²) in [5.74, 6) is -1.38. The fourth-order valence-electron chi connectivity index (χ4n) is 2.44. The van der Waals surface area contributed by atoms with Crippen LogP contribution in [-0.4, -0.2) is 20.1 Å². The molecule has 27 heavy (non-hydrogen) atoms. The first kappa shape index (κ1) is 17.0. The van der Waals surface area contributed by atoms with Gasteiger partial charge in [-0.15, -0.1) is 0 Å². The van der Waals surface area contributed by atoms with Gasteiger partial charge in [-0.25, -0.2) is 4.98 Å². The minimum atomic E-state index is -4.69. The van der Waals surface area contributed by atoms with Crippen LogP contribution >= 0.6 is 0 Å². The summed E-state index contributed by atoms with van der Waals surface area (Å²) in [4.78, 5) is 11.7. The number of aromatic nitrogens is 4. The largest absolute Gasteiger partial charge is 0.473 e. The zero-order valence-electron chi connectivity index (χ0n) is 13.6. The lowest BCUT2D eigenvalue weighted by molar-refractivity contribution is -0.159. The first-order valence-electron chi connectivity index (χ1n) is 7.83. The fourth-order valence-corrected chi connectivity index (χ4v) is 2.44.